The van der Waals surface area contributed by atoms with E-state index < -0.39 is 24.0 Å². The molecule has 0 unspecified atom stereocenters. The number of aliphatic hydroxyl groups is 1. The number of amides is 3. The Bertz CT molecular complexity index is 2260. The van der Waals surface area contributed by atoms with Crippen molar-refractivity contribution < 1.29 is 29.0 Å². The first-order chi connectivity index (χ1) is 24.8. The van der Waals surface area contributed by atoms with Crippen molar-refractivity contribution in [3.05, 3.63) is 164 Å². The number of carbonyl (C=O) groups is 3. The lowest BCUT2D eigenvalue weighted by Gasteiger charge is -2.30. The fourth-order valence-corrected chi connectivity index (χ4v) is 7.38. The van der Waals surface area contributed by atoms with Crippen LogP contribution in [-0.2, 0) is 33.9 Å². The molecular weight excluding hydrogens is 664 g/mol. The maximum absolute atomic E-state index is 13.9. The van der Waals surface area contributed by atoms with Gasteiger partial charge in [0.05, 0.1) is 30.0 Å². The van der Waals surface area contributed by atoms with Crippen molar-refractivity contribution in [3.8, 4) is 11.1 Å². The molecule has 2 atom stereocenters. The molecule has 254 valence electrons. The van der Waals surface area contributed by atoms with Crippen LogP contribution in [0.1, 0.15) is 66.4 Å². The molecule has 5 aromatic rings. The molecule has 3 amide bonds. The van der Waals surface area contributed by atoms with Crippen LogP contribution in [0.4, 0.5) is 11.4 Å². The number of halogens is 1. The van der Waals surface area contributed by atoms with Gasteiger partial charge in [-0.2, -0.15) is 0 Å². The van der Waals surface area contributed by atoms with E-state index in [1.54, 1.807) is 37.3 Å². The maximum atomic E-state index is 13.9. The quantitative estimate of drug-likeness (QED) is 0.156. The van der Waals surface area contributed by atoms with E-state index in [2.05, 4.69) is 47.8 Å². The Morgan fingerprint density at radius 3 is 2.45 bits per heavy atom. The van der Waals surface area contributed by atoms with Crippen LogP contribution in [0.2, 0.25) is 5.02 Å². The van der Waals surface area contributed by atoms with Crippen LogP contribution < -0.4 is 10.2 Å². The zero-order valence-electron chi connectivity index (χ0n) is 27.7. The second kappa shape index (κ2) is 13.3. The molecule has 2 aliphatic heterocycles. The standard InChI is InChI=1S/C42H33ClN2O6/c1-24-17-30(14-16-37(24)45-41(48)34-15-13-29(43)21-36(34)42(45)49)44-40(47)38-19-28(20-39(51-38)50-23-26-11-9-25(22-46)10-12-26)32-7-4-8-33-31-6-3-2-5-27(31)18-35(32)33/h2-17,19,21,28,39,46H,18,20,22-23H2,1H3,(H,44,47)/t28-,39+/m1/s1. The number of ether oxygens (including phenoxy) is 2. The van der Waals surface area contributed by atoms with E-state index in [-0.39, 0.29) is 30.5 Å². The number of hydrogen-bond donors (Lipinski definition) is 2. The number of nitrogens with zero attached hydrogens (tertiary/aromatic N) is 1. The highest BCUT2D eigenvalue weighted by Gasteiger charge is 2.38. The summed E-state index contributed by atoms with van der Waals surface area (Å²) in [6, 6.07) is 31.9. The number of aliphatic hydroxyl groups excluding tert-OH is 1. The number of rotatable bonds is 8. The molecule has 3 aliphatic rings. The first kappa shape index (κ1) is 32.7. The van der Waals surface area contributed by atoms with Gasteiger partial charge < -0.3 is 19.9 Å². The second-order valence-electron chi connectivity index (χ2n) is 13.0. The molecule has 0 radical (unpaired) electrons. The number of imide groups is 1. The molecule has 2 heterocycles. The normalized spacial score (nSPS) is 17.4. The molecule has 2 N–H and O–H groups in total. The van der Waals surface area contributed by atoms with Crippen LogP contribution in [0, 0.1) is 6.92 Å². The number of allylic oxidation sites excluding steroid dienone is 1. The lowest BCUT2D eigenvalue weighted by molar-refractivity contribution is -0.147. The van der Waals surface area contributed by atoms with Crippen molar-refractivity contribution in [2.24, 2.45) is 0 Å². The average Bonchev–Trinajstić information content (AvgIpc) is 3.64. The van der Waals surface area contributed by atoms with E-state index >= 15 is 0 Å². The Morgan fingerprint density at radius 1 is 0.882 bits per heavy atom. The van der Waals surface area contributed by atoms with Gasteiger partial charge in [-0.15, -0.1) is 0 Å². The molecule has 1 aliphatic carbocycles. The fraction of sp³-hybridized carbons (Fsp3) is 0.167. The van der Waals surface area contributed by atoms with Gasteiger partial charge in [0, 0.05) is 23.0 Å². The number of hydrogen-bond acceptors (Lipinski definition) is 6. The Labute approximate surface area is 299 Å². The predicted octanol–water partition coefficient (Wildman–Crippen LogP) is 8.08. The van der Waals surface area contributed by atoms with Crippen LogP contribution in [0.5, 0.6) is 0 Å². The van der Waals surface area contributed by atoms with Crippen LogP contribution >= 0.6 is 11.6 Å². The summed E-state index contributed by atoms with van der Waals surface area (Å²) in [6.45, 7) is 2.00. The highest BCUT2D eigenvalue weighted by Crippen LogP contribution is 2.43. The summed E-state index contributed by atoms with van der Waals surface area (Å²) in [6.07, 6.45) is 2.49. The van der Waals surface area contributed by atoms with Gasteiger partial charge in [-0.05, 0) is 100 Å². The predicted molar refractivity (Wildman–Crippen MR) is 195 cm³/mol. The van der Waals surface area contributed by atoms with Crippen molar-refractivity contribution in [1.29, 1.82) is 0 Å². The Kier molecular flexibility index (Phi) is 8.52. The van der Waals surface area contributed by atoms with Gasteiger partial charge in [-0.25, -0.2) is 4.90 Å². The minimum atomic E-state index is -0.704. The average molecular weight is 697 g/mol. The highest BCUT2D eigenvalue weighted by atomic mass is 35.5. The van der Waals surface area contributed by atoms with Gasteiger partial charge in [0.25, 0.3) is 17.7 Å². The largest absolute Gasteiger partial charge is 0.459 e. The molecule has 0 fully saturated rings. The first-order valence-corrected chi connectivity index (χ1v) is 17.1. The topological polar surface area (TPSA) is 105 Å². The Morgan fingerprint density at radius 2 is 1.65 bits per heavy atom. The van der Waals surface area contributed by atoms with Crippen LogP contribution in [0.3, 0.4) is 0 Å². The number of benzene rings is 5. The van der Waals surface area contributed by atoms with Gasteiger partial charge in [0.15, 0.2) is 5.76 Å². The van der Waals surface area contributed by atoms with Gasteiger partial charge >= 0.3 is 0 Å². The van der Waals surface area contributed by atoms with Gasteiger partial charge in [0.1, 0.15) is 0 Å². The third kappa shape index (κ3) is 6.12. The molecule has 51 heavy (non-hydrogen) atoms. The molecule has 0 aromatic heterocycles. The maximum Gasteiger partial charge on any atom is 0.290 e. The molecule has 9 heteroatoms. The number of carbonyl (C=O) groups excluding carboxylic acids is 3. The minimum absolute atomic E-state index is 0.0383. The molecule has 8 nitrogen and oxygen atoms in total. The van der Waals surface area contributed by atoms with E-state index in [0.29, 0.717) is 33.9 Å². The molecule has 0 bridgehead atoms. The van der Waals surface area contributed by atoms with Crippen molar-refractivity contribution in [1.82, 2.24) is 0 Å². The first-order valence-electron chi connectivity index (χ1n) is 16.8. The molecular formula is C42H33ClN2O6. The summed E-state index contributed by atoms with van der Waals surface area (Å²) in [5, 5.41) is 12.7. The summed E-state index contributed by atoms with van der Waals surface area (Å²) >= 11 is 6.09. The summed E-state index contributed by atoms with van der Waals surface area (Å²) in [5.74, 6) is -1.34. The van der Waals surface area contributed by atoms with Crippen molar-refractivity contribution in [2.45, 2.75) is 45.2 Å². The second-order valence-corrected chi connectivity index (χ2v) is 13.4. The van der Waals surface area contributed by atoms with E-state index in [1.165, 1.54) is 28.3 Å². The van der Waals surface area contributed by atoms with Gasteiger partial charge in [-0.3, -0.25) is 14.4 Å². The third-order valence-corrected chi connectivity index (χ3v) is 9.99. The zero-order valence-corrected chi connectivity index (χ0v) is 28.4. The van der Waals surface area contributed by atoms with Gasteiger partial charge in [-0.1, -0.05) is 78.3 Å². The molecule has 8 rings (SSSR count). The Balaban J connectivity index is 1.05. The molecule has 0 spiro atoms. The van der Waals surface area contributed by atoms with Crippen LogP contribution in [0.25, 0.3) is 11.1 Å². The fourth-order valence-electron chi connectivity index (χ4n) is 7.20. The van der Waals surface area contributed by atoms with Crippen LogP contribution in [0.15, 0.2) is 115 Å². The molecule has 5 aromatic carbocycles. The highest BCUT2D eigenvalue weighted by molar-refractivity contribution is 6.37. The van der Waals surface area contributed by atoms with Gasteiger partial charge in [0.2, 0.25) is 6.29 Å². The summed E-state index contributed by atoms with van der Waals surface area (Å²) in [7, 11) is 0. The van der Waals surface area contributed by atoms with E-state index in [4.69, 9.17) is 21.1 Å². The molecule has 0 saturated carbocycles. The van der Waals surface area contributed by atoms with Crippen molar-refractivity contribution >= 4 is 40.7 Å². The van der Waals surface area contributed by atoms with Crippen molar-refractivity contribution in [3.63, 3.8) is 0 Å². The Hall–Kier alpha value is -5.54. The smallest absolute Gasteiger partial charge is 0.290 e. The molecule has 0 saturated heterocycles. The lowest BCUT2D eigenvalue weighted by Crippen LogP contribution is -2.30. The summed E-state index contributed by atoms with van der Waals surface area (Å²) in [5.41, 5.74) is 9.87. The van der Waals surface area contributed by atoms with Crippen LogP contribution in [-0.4, -0.2) is 29.1 Å². The lowest BCUT2D eigenvalue weighted by atomic mass is 9.87. The number of fused-ring (bicyclic) bond motifs is 4. The van der Waals surface area contributed by atoms with E-state index in [1.807, 2.05) is 30.3 Å². The number of aryl methyl sites for hydroxylation is 1. The minimum Gasteiger partial charge on any atom is -0.459 e. The van der Waals surface area contributed by atoms with E-state index in [0.717, 1.165) is 28.0 Å². The number of nitrogens with one attached hydrogen (secondary N) is 1. The SMILES string of the molecule is Cc1cc(NC(=O)C2=C[C@@H](c3cccc4c3Cc3ccccc3-4)C[C@@H](OCc3ccc(CO)cc3)O2)ccc1N1C(=O)c2ccc(Cl)cc2C1=O. The summed E-state index contributed by atoms with van der Waals surface area (Å²) < 4.78 is 12.5. The van der Waals surface area contributed by atoms with E-state index in [9.17, 15) is 19.5 Å². The zero-order chi connectivity index (χ0) is 35.2. The third-order valence-electron chi connectivity index (χ3n) is 9.75. The summed E-state index contributed by atoms with van der Waals surface area (Å²) in [4.78, 5) is 41.4. The monoisotopic (exact) mass is 696 g/mol. The number of anilines is 2. The van der Waals surface area contributed by atoms with Crippen molar-refractivity contribution in [2.75, 3.05) is 10.2 Å².